The molecule has 134 valence electrons. The molecule has 2 N–H and O–H groups in total. The molecule has 2 aromatic carbocycles. The molecule has 0 atom stereocenters. The first kappa shape index (κ1) is 18.5. The van der Waals surface area contributed by atoms with E-state index in [1.807, 2.05) is 37.3 Å². The Morgan fingerprint density at radius 3 is 2.62 bits per heavy atom. The molecule has 0 radical (unpaired) electrons. The highest BCUT2D eigenvalue weighted by molar-refractivity contribution is 9.10. The summed E-state index contributed by atoms with van der Waals surface area (Å²) >= 11 is 4.61. The molecule has 5 nitrogen and oxygen atoms in total. The molecule has 0 bridgehead atoms. The number of ether oxygens (including phenoxy) is 2. The minimum absolute atomic E-state index is 0.130. The third kappa shape index (κ3) is 4.28. The lowest BCUT2D eigenvalue weighted by molar-refractivity contribution is -0.115. The van der Waals surface area contributed by atoms with E-state index in [-0.39, 0.29) is 11.1 Å². The number of nitrogens with one attached hydrogen (secondary N) is 2. The lowest BCUT2D eigenvalue weighted by atomic mass is 10.1. The molecule has 0 aromatic heterocycles. The number of hydrogen-bond donors (Lipinski definition) is 2. The Morgan fingerprint density at radius 1 is 1.27 bits per heavy atom. The van der Waals surface area contributed by atoms with E-state index in [2.05, 4.69) is 21.2 Å². The average molecular weight is 433 g/mol. The number of carbonyl (C=O) groups excluding carboxylic acids is 1. The van der Waals surface area contributed by atoms with Gasteiger partial charge in [0.05, 0.1) is 16.5 Å². The van der Waals surface area contributed by atoms with Crippen LogP contribution in [-0.2, 0) is 11.4 Å². The van der Waals surface area contributed by atoms with Crippen molar-refractivity contribution < 1.29 is 14.3 Å². The van der Waals surface area contributed by atoms with E-state index in [9.17, 15) is 4.79 Å². The molecule has 1 heterocycles. The molecule has 1 aliphatic rings. The van der Waals surface area contributed by atoms with Crippen LogP contribution in [0.3, 0.4) is 0 Å². The summed E-state index contributed by atoms with van der Waals surface area (Å²) in [6.45, 7) is 2.47. The van der Waals surface area contributed by atoms with Crippen molar-refractivity contribution in [1.82, 2.24) is 5.32 Å². The molecule has 1 aliphatic heterocycles. The zero-order valence-electron chi connectivity index (χ0n) is 14.3. The second-order valence-corrected chi connectivity index (χ2v) is 7.61. The standard InChI is InChI=1S/C19H17BrN2O3S/c1-11-3-5-12(6-4-11)10-25-17-14(20)7-13(8-15(17)24-2)9-16-18(23)22-19(21)26-16/h3-9H,10H2,1-2H3,(H2,21,22,23)/b16-9-. The van der Waals surface area contributed by atoms with Crippen LogP contribution < -0.4 is 14.8 Å². The van der Waals surface area contributed by atoms with Crippen LogP contribution in [0.5, 0.6) is 11.5 Å². The number of thioether (sulfide) groups is 1. The van der Waals surface area contributed by atoms with E-state index >= 15 is 0 Å². The highest BCUT2D eigenvalue weighted by Gasteiger charge is 2.22. The van der Waals surface area contributed by atoms with E-state index in [1.165, 1.54) is 5.56 Å². The Labute approximate surface area is 164 Å². The second-order valence-electron chi connectivity index (χ2n) is 5.70. The van der Waals surface area contributed by atoms with Crippen molar-refractivity contribution >= 4 is 44.8 Å². The summed E-state index contributed by atoms with van der Waals surface area (Å²) < 4.78 is 12.1. The fourth-order valence-corrected chi connectivity index (χ4v) is 3.67. The summed E-state index contributed by atoms with van der Waals surface area (Å²) in [6, 6.07) is 11.8. The molecule has 1 fully saturated rings. The zero-order valence-corrected chi connectivity index (χ0v) is 16.7. The van der Waals surface area contributed by atoms with E-state index in [1.54, 1.807) is 19.3 Å². The van der Waals surface area contributed by atoms with Crippen molar-refractivity contribution in [2.75, 3.05) is 7.11 Å². The molecular formula is C19H17BrN2O3S. The summed E-state index contributed by atoms with van der Waals surface area (Å²) in [5.41, 5.74) is 3.05. The van der Waals surface area contributed by atoms with Crippen LogP contribution in [0.4, 0.5) is 0 Å². The number of rotatable bonds is 5. The predicted octanol–water partition coefficient (Wildman–Crippen LogP) is 4.48. The maximum absolute atomic E-state index is 11.8. The SMILES string of the molecule is COc1cc(/C=C2\SC(=N)NC2=O)cc(Br)c1OCc1ccc(C)cc1. The van der Waals surface area contributed by atoms with Crippen molar-refractivity contribution in [1.29, 1.82) is 5.41 Å². The number of halogens is 1. The first-order valence-corrected chi connectivity index (χ1v) is 9.42. The lowest BCUT2D eigenvalue weighted by Crippen LogP contribution is -2.18. The van der Waals surface area contributed by atoms with Gasteiger partial charge in [-0.25, -0.2) is 0 Å². The van der Waals surface area contributed by atoms with Crippen LogP contribution in [0.15, 0.2) is 45.8 Å². The Bertz CT molecular complexity index is 894. The number of amidine groups is 1. The van der Waals surface area contributed by atoms with Gasteiger partial charge in [-0.1, -0.05) is 29.8 Å². The number of aryl methyl sites for hydroxylation is 1. The number of amides is 1. The Balaban J connectivity index is 1.83. The third-order valence-electron chi connectivity index (χ3n) is 3.72. The molecule has 1 saturated heterocycles. The summed E-state index contributed by atoms with van der Waals surface area (Å²) in [4.78, 5) is 12.2. The quantitative estimate of drug-likeness (QED) is 0.682. The van der Waals surface area contributed by atoms with Gasteiger partial charge < -0.3 is 14.8 Å². The van der Waals surface area contributed by atoms with Crippen molar-refractivity contribution in [3.8, 4) is 11.5 Å². The number of hydrogen-bond acceptors (Lipinski definition) is 5. The van der Waals surface area contributed by atoms with Gasteiger partial charge in [0.1, 0.15) is 6.61 Å². The number of carbonyl (C=O) groups is 1. The van der Waals surface area contributed by atoms with Crippen LogP contribution in [-0.4, -0.2) is 18.2 Å². The Morgan fingerprint density at radius 2 is 2.00 bits per heavy atom. The van der Waals surface area contributed by atoms with Crippen molar-refractivity contribution in [3.63, 3.8) is 0 Å². The summed E-state index contributed by atoms with van der Waals surface area (Å²) in [6.07, 6.45) is 1.72. The van der Waals surface area contributed by atoms with Crippen molar-refractivity contribution in [2.45, 2.75) is 13.5 Å². The van der Waals surface area contributed by atoms with Gasteiger partial charge in [0.15, 0.2) is 16.7 Å². The summed E-state index contributed by atoms with van der Waals surface area (Å²) in [5, 5.41) is 10.1. The lowest BCUT2D eigenvalue weighted by Gasteiger charge is -2.14. The Hall–Kier alpha value is -2.25. The molecule has 2 aromatic rings. The van der Waals surface area contributed by atoms with Gasteiger partial charge in [-0.05, 0) is 64.0 Å². The molecule has 1 amide bonds. The topological polar surface area (TPSA) is 71.4 Å². The maximum Gasteiger partial charge on any atom is 0.264 e. The van der Waals surface area contributed by atoms with Gasteiger partial charge in [0.2, 0.25) is 0 Å². The highest BCUT2D eigenvalue weighted by Crippen LogP contribution is 2.38. The van der Waals surface area contributed by atoms with Crippen LogP contribution in [0, 0.1) is 12.3 Å². The summed E-state index contributed by atoms with van der Waals surface area (Å²) in [7, 11) is 1.57. The van der Waals surface area contributed by atoms with Gasteiger partial charge in [0.25, 0.3) is 5.91 Å². The normalized spacial score (nSPS) is 15.3. The van der Waals surface area contributed by atoms with Gasteiger partial charge in [-0.2, -0.15) is 0 Å². The predicted molar refractivity (Wildman–Crippen MR) is 108 cm³/mol. The van der Waals surface area contributed by atoms with E-state index < -0.39 is 0 Å². The average Bonchev–Trinajstić information content (AvgIpc) is 2.92. The molecular weight excluding hydrogens is 416 g/mol. The maximum atomic E-state index is 11.8. The fourth-order valence-electron chi connectivity index (χ4n) is 2.40. The first-order chi connectivity index (χ1) is 12.5. The Kier molecular flexibility index (Phi) is 5.68. The third-order valence-corrected chi connectivity index (χ3v) is 5.13. The zero-order chi connectivity index (χ0) is 18.7. The van der Waals surface area contributed by atoms with E-state index in [0.29, 0.717) is 23.0 Å². The molecule has 0 spiro atoms. The van der Waals surface area contributed by atoms with Gasteiger partial charge in [-0.3, -0.25) is 10.2 Å². The molecule has 0 aliphatic carbocycles. The van der Waals surface area contributed by atoms with Gasteiger partial charge in [-0.15, -0.1) is 0 Å². The summed E-state index contributed by atoms with van der Waals surface area (Å²) in [5.74, 6) is 0.901. The highest BCUT2D eigenvalue weighted by atomic mass is 79.9. The number of benzene rings is 2. The van der Waals surface area contributed by atoms with Crippen LogP contribution in [0.25, 0.3) is 6.08 Å². The molecule has 26 heavy (non-hydrogen) atoms. The van der Waals surface area contributed by atoms with Crippen molar-refractivity contribution in [2.24, 2.45) is 0 Å². The smallest absolute Gasteiger partial charge is 0.264 e. The van der Waals surface area contributed by atoms with Crippen molar-refractivity contribution in [3.05, 3.63) is 62.5 Å². The number of methoxy groups -OCH3 is 1. The van der Waals surface area contributed by atoms with Crippen LogP contribution >= 0.6 is 27.7 Å². The molecule has 7 heteroatoms. The molecule has 0 saturated carbocycles. The van der Waals surface area contributed by atoms with Crippen LogP contribution in [0.2, 0.25) is 0 Å². The monoisotopic (exact) mass is 432 g/mol. The fraction of sp³-hybridized carbons (Fsp3) is 0.158. The largest absolute Gasteiger partial charge is 0.493 e. The minimum Gasteiger partial charge on any atom is -0.493 e. The molecule has 3 rings (SSSR count). The van der Waals surface area contributed by atoms with E-state index in [0.717, 1.165) is 27.4 Å². The van der Waals surface area contributed by atoms with Gasteiger partial charge >= 0.3 is 0 Å². The van der Waals surface area contributed by atoms with E-state index in [4.69, 9.17) is 14.9 Å². The molecule has 0 unspecified atom stereocenters. The van der Waals surface area contributed by atoms with Gasteiger partial charge in [0, 0.05) is 0 Å². The second kappa shape index (κ2) is 7.97. The first-order valence-electron chi connectivity index (χ1n) is 7.81. The minimum atomic E-state index is -0.269. The van der Waals surface area contributed by atoms with Crippen LogP contribution in [0.1, 0.15) is 16.7 Å².